The topological polar surface area (TPSA) is 72.2 Å². The van der Waals surface area contributed by atoms with Gasteiger partial charge in [-0.3, -0.25) is 4.72 Å². The van der Waals surface area contributed by atoms with Crippen LogP contribution < -0.4 is 10.5 Å². The van der Waals surface area contributed by atoms with Crippen LogP contribution in [0.25, 0.3) is 0 Å². The number of hydrogen-bond acceptors (Lipinski definition) is 3. The molecule has 0 heterocycles. The highest BCUT2D eigenvalue weighted by molar-refractivity contribution is 7.92. The minimum atomic E-state index is -3.35. The van der Waals surface area contributed by atoms with Crippen LogP contribution in [0.5, 0.6) is 0 Å². The first-order valence-electron chi connectivity index (χ1n) is 5.88. The molecule has 0 aliphatic carbocycles. The molecule has 5 heteroatoms. The maximum atomic E-state index is 12.0. The summed E-state index contributed by atoms with van der Waals surface area (Å²) in [6.45, 7) is 9.39. The smallest absolute Gasteiger partial charge is 0.233 e. The van der Waals surface area contributed by atoms with Crippen LogP contribution >= 0.6 is 0 Å². The number of benzene rings is 1. The number of sulfonamides is 1. The van der Waals surface area contributed by atoms with Crippen molar-refractivity contribution in [1.82, 2.24) is 0 Å². The fourth-order valence-corrected chi connectivity index (χ4v) is 3.52. The molecular formula is C13H22N2O2S. The minimum absolute atomic E-state index is 0.0766. The van der Waals surface area contributed by atoms with Gasteiger partial charge in [0.2, 0.25) is 10.0 Å². The summed E-state index contributed by atoms with van der Waals surface area (Å²) in [4.78, 5) is 0. The molecule has 0 spiro atoms. The Morgan fingerprint density at radius 1 is 1.22 bits per heavy atom. The van der Waals surface area contributed by atoms with Crippen molar-refractivity contribution >= 4 is 21.4 Å². The number of nitrogen functional groups attached to an aromatic ring is 1. The average molecular weight is 270 g/mol. The standard InChI is InChI=1S/C13H22N2O2S/c1-9-6-7-11(10(2)12(9)14)15-18(16,17)8-13(3,4)5/h6-7,15H,8,14H2,1-5H3. The Hall–Kier alpha value is -1.23. The quantitative estimate of drug-likeness (QED) is 0.829. The Bertz CT molecular complexity index is 543. The zero-order chi connectivity index (χ0) is 14.1. The summed E-state index contributed by atoms with van der Waals surface area (Å²) in [6.07, 6.45) is 0. The summed E-state index contributed by atoms with van der Waals surface area (Å²) < 4.78 is 26.6. The average Bonchev–Trinajstić information content (AvgIpc) is 2.15. The van der Waals surface area contributed by atoms with Crippen LogP contribution in [0.1, 0.15) is 31.9 Å². The van der Waals surface area contributed by atoms with Crippen molar-refractivity contribution in [3.05, 3.63) is 23.3 Å². The van der Waals surface area contributed by atoms with Crippen LogP contribution in [0.4, 0.5) is 11.4 Å². The van der Waals surface area contributed by atoms with Gasteiger partial charge < -0.3 is 5.73 Å². The molecule has 18 heavy (non-hydrogen) atoms. The molecule has 0 saturated heterocycles. The molecule has 0 bridgehead atoms. The lowest BCUT2D eigenvalue weighted by Crippen LogP contribution is -2.26. The van der Waals surface area contributed by atoms with E-state index < -0.39 is 10.0 Å². The predicted octanol–water partition coefficient (Wildman–Crippen LogP) is 2.67. The summed E-state index contributed by atoms with van der Waals surface area (Å²) >= 11 is 0. The first kappa shape index (κ1) is 14.8. The van der Waals surface area contributed by atoms with E-state index in [9.17, 15) is 8.42 Å². The molecule has 1 rings (SSSR count). The van der Waals surface area contributed by atoms with Crippen LogP contribution in [0.3, 0.4) is 0 Å². The fraction of sp³-hybridized carbons (Fsp3) is 0.538. The van der Waals surface area contributed by atoms with Crippen LogP contribution in [0.2, 0.25) is 0 Å². The molecule has 0 aliphatic heterocycles. The summed E-state index contributed by atoms with van der Waals surface area (Å²) in [5, 5.41) is 0. The zero-order valence-corrected chi connectivity index (χ0v) is 12.5. The highest BCUT2D eigenvalue weighted by Gasteiger charge is 2.22. The lowest BCUT2D eigenvalue weighted by atomic mass is 10.0. The molecule has 0 radical (unpaired) electrons. The van der Waals surface area contributed by atoms with Gasteiger partial charge >= 0.3 is 0 Å². The lowest BCUT2D eigenvalue weighted by molar-refractivity contribution is 0.463. The van der Waals surface area contributed by atoms with Crippen LogP contribution in [-0.4, -0.2) is 14.2 Å². The van der Waals surface area contributed by atoms with E-state index in [1.54, 1.807) is 6.07 Å². The second-order valence-electron chi connectivity index (χ2n) is 5.89. The van der Waals surface area contributed by atoms with Gasteiger partial charge in [0, 0.05) is 5.69 Å². The van der Waals surface area contributed by atoms with Gasteiger partial charge in [-0.25, -0.2) is 8.42 Å². The van der Waals surface area contributed by atoms with Crippen molar-refractivity contribution in [3.63, 3.8) is 0 Å². The molecule has 4 nitrogen and oxygen atoms in total. The van der Waals surface area contributed by atoms with Gasteiger partial charge in [-0.15, -0.1) is 0 Å². The van der Waals surface area contributed by atoms with Gasteiger partial charge in [-0.1, -0.05) is 26.8 Å². The van der Waals surface area contributed by atoms with Crippen LogP contribution in [0.15, 0.2) is 12.1 Å². The molecule has 1 aromatic carbocycles. The number of aryl methyl sites for hydroxylation is 1. The number of hydrogen-bond donors (Lipinski definition) is 2. The Morgan fingerprint density at radius 2 is 1.78 bits per heavy atom. The maximum Gasteiger partial charge on any atom is 0.233 e. The molecule has 102 valence electrons. The molecule has 0 saturated carbocycles. The molecule has 0 atom stereocenters. The maximum absolute atomic E-state index is 12.0. The van der Waals surface area contributed by atoms with Crippen molar-refractivity contribution in [2.45, 2.75) is 34.6 Å². The van der Waals surface area contributed by atoms with E-state index in [0.29, 0.717) is 11.4 Å². The molecular weight excluding hydrogens is 248 g/mol. The third kappa shape index (κ3) is 3.91. The van der Waals surface area contributed by atoms with Crippen molar-refractivity contribution < 1.29 is 8.42 Å². The van der Waals surface area contributed by atoms with Crippen molar-refractivity contribution in [2.75, 3.05) is 16.2 Å². The fourth-order valence-electron chi connectivity index (χ4n) is 1.75. The van der Waals surface area contributed by atoms with E-state index in [4.69, 9.17) is 5.73 Å². The van der Waals surface area contributed by atoms with E-state index in [-0.39, 0.29) is 11.2 Å². The molecule has 1 aromatic rings. The first-order valence-corrected chi connectivity index (χ1v) is 7.53. The molecule has 0 fully saturated rings. The Kier molecular flexibility index (Phi) is 3.96. The summed E-state index contributed by atoms with van der Waals surface area (Å²) in [7, 11) is -3.35. The normalized spacial score (nSPS) is 12.5. The van der Waals surface area contributed by atoms with Gasteiger partial charge in [0.15, 0.2) is 0 Å². The molecule has 0 unspecified atom stereocenters. The number of rotatable bonds is 3. The minimum Gasteiger partial charge on any atom is -0.398 e. The summed E-state index contributed by atoms with van der Waals surface area (Å²) in [5.41, 5.74) is 8.52. The summed E-state index contributed by atoms with van der Waals surface area (Å²) in [5.74, 6) is 0.0766. The number of nitrogens with one attached hydrogen (secondary N) is 1. The highest BCUT2D eigenvalue weighted by atomic mass is 32.2. The molecule has 3 N–H and O–H groups in total. The SMILES string of the molecule is Cc1ccc(NS(=O)(=O)CC(C)(C)C)c(C)c1N. The van der Waals surface area contributed by atoms with E-state index in [1.165, 1.54) is 0 Å². The third-order valence-electron chi connectivity index (χ3n) is 2.62. The van der Waals surface area contributed by atoms with Crippen molar-refractivity contribution in [2.24, 2.45) is 5.41 Å². The van der Waals surface area contributed by atoms with E-state index >= 15 is 0 Å². The third-order valence-corrected chi connectivity index (χ3v) is 4.40. The molecule has 0 aromatic heterocycles. The monoisotopic (exact) mass is 270 g/mol. The van der Waals surface area contributed by atoms with Crippen LogP contribution in [-0.2, 0) is 10.0 Å². The van der Waals surface area contributed by atoms with Gasteiger partial charge in [0.25, 0.3) is 0 Å². The van der Waals surface area contributed by atoms with Gasteiger partial charge in [0.1, 0.15) is 0 Å². The highest BCUT2D eigenvalue weighted by Crippen LogP contribution is 2.26. The predicted molar refractivity (Wildman–Crippen MR) is 77.2 cm³/mol. The van der Waals surface area contributed by atoms with E-state index in [1.807, 2.05) is 40.7 Å². The van der Waals surface area contributed by atoms with Crippen molar-refractivity contribution in [1.29, 1.82) is 0 Å². The number of anilines is 2. The van der Waals surface area contributed by atoms with Gasteiger partial charge in [-0.2, -0.15) is 0 Å². The van der Waals surface area contributed by atoms with Gasteiger partial charge in [-0.05, 0) is 36.5 Å². The first-order chi connectivity index (χ1) is 8.02. The number of nitrogens with two attached hydrogens (primary N) is 1. The summed E-state index contributed by atoms with van der Waals surface area (Å²) in [6, 6.07) is 3.57. The molecule has 0 amide bonds. The zero-order valence-electron chi connectivity index (χ0n) is 11.7. The molecule has 0 aliphatic rings. The van der Waals surface area contributed by atoms with Gasteiger partial charge in [0.05, 0.1) is 11.4 Å². The van der Waals surface area contributed by atoms with Crippen LogP contribution in [0, 0.1) is 19.3 Å². The van der Waals surface area contributed by atoms with Crippen molar-refractivity contribution in [3.8, 4) is 0 Å². The lowest BCUT2D eigenvalue weighted by Gasteiger charge is -2.20. The Morgan fingerprint density at radius 3 is 2.28 bits per heavy atom. The second kappa shape index (κ2) is 4.80. The largest absolute Gasteiger partial charge is 0.398 e. The second-order valence-corrected chi connectivity index (χ2v) is 7.61. The van der Waals surface area contributed by atoms with E-state index in [2.05, 4.69) is 4.72 Å². The Labute approximate surface area is 110 Å². The Balaban J connectivity index is 3.03. The van der Waals surface area contributed by atoms with E-state index in [0.717, 1.165) is 11.1 Å².